The molecule has 1 aromatic carbocycles. The minimum absolute atomic E-state index is 0.0219. The van der Waals surface area contributed by atoms with E-state index in [1.54, 1.807) is 23.1 Å². The second kappa shape index (κ2) is 5.29. The quantitative estimate of drug-likeness (QED) is 0.823. The van der Waals surface area contributed by atoms with Crippen LogP contribution in [0.3, 0.4) is 0 Å². The standard InChI is InChI=1S/C14H19NO3/c1-4-10(2)8-15(3)14(16)11-5-6-12-13(7-11)18-9-17-12/h5-7,10H,4,8-9H2,1-3H3. The third-order valence-electron chi connectivity index (χ3n) is 3.25. The van der Waals surface area contributed by atoms with Gasteiger partial charge in [0.15, 0.2) is 11.5 Å². The van der Waals surface area contributed by atoms with Gasteiger partial charge in [-0.2, -0.15) is 0 Å². The Morgan fingerprint density at radius 1 is 1.39 bits per heavy atom. The molecule has 0 saturated carbocycles. The number of ether oxygens (including phenoxy) is 2. The molecule has 18 heavy (non-hydrogen) atoms. The highest BCUT2D eigenvalue weighted by molar-refractivity contribution is 5.94. The van der Waals surface area contributed by atoms with Crippen molar-refractivity contribution in [3.05, 3.63) is 23.8 Å². The van der Waals surface area contributed by atoms with Crippen molar-refractivity contribution in [1.82, 2.24) is 4.90 Å². The summed E-state index contributed by atoms with van der Waals surface area (Å²) in [6.07, 6.45) is 1.07. The zero-order valence-corrected chi connectivity index (χ0v) is 11.1. The number of nitrogens with zero attached hydrogens (tertiary/aromatic N) is 1. The number of fused-ring (bicyclic) bond motifs is 1. The van der Waals surface area contributed by atoms with E-state index in [0.717, 1.165) is 13.0 Å². The van der Waals surface area contributed by atoms with Gasteiger partial charge in [0.1, 0.15) is 0 Å². The second-order valence-corrected chi connectivity index (χ2v) is 4.77. The third-order valence-corrected chi connectivity index (χ3v) is 3.25. The maximum absolute atomic E-state index is 12.2. The molecule has 98 valence electrons. The van der Waals surface area contributed by atoms with Gasteiger partial charge in [-0.15, -0.1) is 0 Å². The van der Waals surface area contributed by atoms with Crippen molar-refractivity contribution >= 4 is 5.91 Å². The van der Waals surface area contributed by atoms with Crippen molar-refractivity contribution in [3.8, 4) is 11.5 Å². The van der Waals surface area contributed by atoms with Crippen LogP contribution in [0.1, 0.15) is 30.6 Å². The zero-order valence-electron chi connectivity index (χ0n) is 11.1. The first-order valence-corrected chi connectivity index (χ1v) is 6.27. The Morgan fingerprint density at radius 3 is 2.83 bits per heavy atom. The van der Waals surface area contributed by atoms with Crippen molar-refractivity contribution < 1.29 is 14.3 Å². The van der Waals surface area contributed by atoms with Gasteiger partial charge in [0, 0.05) is 19.2 Å². The van der Waals surface area contributed by atoms with E-state index in [0.29, 0.717) is 23.0 Å². The van der Waals surface area contributed by atoms with Crippen LogP contribution in [-0.4, -0.2) is 31.2 Å². The van der Waals surface area contributed by atoms with E-state index in [2.05, 4.69) is 13.8 Å². The van der Waals surface area contributed by atoms with Crippen molar-refractivity contribution in [3.63, 3.8) is 0 Å². The lowest BCUT2D eigenvalue weighted by Crippen LogP contribution is -2.30. The average molecular weight is 249 g/mol. The van der Waals surface area contributed by atoms with Crippen LogP contribution in [0.5, 0.6) is 11.5 Å². The van der Waals surface area contributed by atoms with E-state index in [4.69, 9.17) is 9.47 Å². The first-order chi connectivity index (χ1) is 8.61. The lowest BCUT2D eigenvalue weighted by molar-refractivity contribution is 0.0774. The van der Waals surface area contributed by atoms with Crippen LogP contribution < -0.4 is 9.47 Å². The average Bonchev–Trinajstić information content (AvgIpc) is 2.84. The van der Waals surface area contributed by atoms with Crippen LogP contribution in [0.25, 0.3) is 0 Å². The monoisotopic (exact) mass is 249 g/mol. The fourth-order valence-electron chi connectivity index (χ4n) is 1.93. The van der Waals surface area contributed by atoms with Crippen LogP contribution in [0, 0.1) is 5.92 Å². The largest absolute Gasteiger partial charge is 0.454 e. The summed E-state index contributed by atoms with van der Waals surface area (Å²) >= 11 is 0. The van der Waals surface area contributed by atoms with Gasteiger partial charge in [-0.3, -0.25) is 4.79 Å². The van der Waals surface area contributed by atoms with Gasteiger partial charge in [0.25, 0.3) is 5.91 Å². The van der Waals surface area contributed by atoms with Crippen LogP contribution in [0.2, 0.25) is 0 Å². The fourth-order valence-corrected chi connectivity index (χ4v) is 1.93. The lowest BCUT2D eigenvalue weighted by atomic mass is 10.1. The van der Waals surface area contributed by atoms with Gasteiger partial charge in [-0.05, 0) is 24.1 Å². The third kappa shape index (κ3) is 2.58. The zero-order chi connectivity index (χ0) is 13.1. The van der Waals surface area contributed by atoms with Gasteiger partial charge in [-0.25, -0.2) is 0 Å². The minimum atomic E-state index is 0.0219. The predicted molar refractivity (Wildman–Crippen MR) is 69.0 cm³/mol. The molecule has 4 nitrogen and oxygen atoms in total. The van der Waals surface area contributed by atoms with Crippen molar-refractivity contribution in [2.45, 2.75) is 20.3 Å². The summed E-state index contributed by atoms with van der Waals surface area (Å²) in [7, 11) is 1.83. The second-order valence-electron chi connectivity index (χ2n) is 4.77. The Balaban J connectivity index is 2.09. The van der Waals surface area contributed by atoms with E-state index < -0.39 is 0 Å². The highest BCUT2D eigenvalue weighted by Gasteiger charge is 2.18. The Kier molecular flexibility index (Phi) is 3.75. The maximum Gasteiger partial charge on any atom is 0.253 e. The molecule has 0 aliphatic carbocycles. The summed E-state index contributed by atoms with van der Waals surface area (Å²) in [6, 6.07) is 5.31. The highest BCUT2D eigenvalue weighted by Crippen LogP contribution is 2.32. The molecule has 0 spiro atoms. The molecular weight excluding hydrogens is 230 g/mol. The molecule has 0 bridgehead atoms. The van der Waals surface area contributed by atoms with E-state index in [1.807, 2.05) is 7.05 Å². The Morgan fingerprint density at radius 2 is 2.11 bits per heavy atom. The summed E-state index contributed by atoms with van der Waals surface area (Å²) in [6.45, 7) is 5.27. The van der Waals surface area contributed by atoms with E-state index >= 15 is 0 Å². The van der Waals surface area contributed by atoms with Crippen molar-refractivity contribution in [1.29, 1.82) is 0 Å². The molecule has 0 radical (unpaired) electrons. The summed E-state index contributed by atoms with van der Waals surface area (Å²) in [5.41, 5.74) is 0.644. The number of amides is 1. The van der Waals surface area contributed by atoms with Gasteiger partial charge in [0.2, 0.25) is 6.79 Å². The normalized spacial score (nSPS) is 14.4. The number of rotatable bonds is 4. The Bertz CT molecular complexity index is 445. The fraction of sp³-hybridized carbons (Fsp3) is 0.500. The summed E-state index contributed by atoms with van der Waals surface area (Å²) in [5, 5.41) is 0. The van der Waals surface area contributed by atoms with Gasteiger partial charge in [0.05, 0.1) is 0 Å². The first-order valence-electron chi connectivity index (χ1n) is 6.27. The molecule has 1 aliphatic rings. The summed E-state index contributed by atoms with van der Waals surface area (Å²) in [4.78, 5) is 14.0. The Labute approximate surface area is 107 Å². The molecule has 0 fully saturated rings. The molecule has 0 N–H and O–H groups in total. The van der Waals surface area contributed by atoms with Crippen molar-refractivity contribution in [2.75, 3.05) is 20.4 Å². The summed E-state index contributed by atoms with van der Waals surface area (Å²) < 4.78 is 10.5. The van der Waals surface area contributed by atoms with Crippen LogP contribution in [-0.2, 0) is 0 Å². The Hall–Kier alpha value is -1.71. The molecule has 0 saturated heterocycles. The van der Waals surface area contributed by atoms with Gasteiger partial charge in [-0.1, -0.05) is 20.3 Å². The topological polar surface area (TPSA) is 38.8 Å². The molecular formula is C14H19NO3. The van der Waals surface area contributed by atoms with Gasteiger partial charge < -0.3 is 14.4 Å². The predicted octanol–water partition coefficient (Wildman–Crippen LogP) is 2.53. The van der Waals surface area contributed by atoms with Crippen molar-refractivity contribution in [2.24, 2.45) is 5.92 Å². The summed E-state index contributed by atoms with van der Waals surface area (Å²) in [5.74, 6) is 1.88. The van der Waals surface area contributed by atoms with E-state index in [1.165, 1.54) is 0 Å². The van der Waals surface area contributed by atoms with Crippen LogP contribution in [0.4, 0.5) is 0 Å². The molecule has 0 aromatic heterocycles. The molecule has 1 aromatic rings. The first kappa shape index (κ1) is 12.7. The number of benzene rings is 1. The van der Waals surface area contributed by atoms with Crippen LogP contribution >= 0.6 is 0 Å². The molecule has 1 heterocycles. The molecule has 1 aliphatic heterocycles. The molecule has 1 atom stereocenters. The maximum atomic E-state index is 12.2. The van der Waals surface area contributed by atoms with E-state index in [9.17, 15) is 4.79 Å². The molecule has 2 rings (SSSR count). The minimum Gasteiger partial charge on any atom is -0.454 e. The van der Waals surface area contributed by atoms with Crippen LogP contribution in [0.15, 0.2) is 18.2 Å². The van der Waals surface area contributed by atoms with E-state index in [-0.39, 0.29) is 12.7 Å². The molecule has 1 unspecified atom stereocenters. The SMILES string of the molecule is CCC(C)CN(C)C(=O)c1ccc2c(c1)OCO2. The molecule has 1 amide bonds. The van der Waals surface area contributed by atoms with Gasteiger partial charge >= 0.3 is 0 Å². The number of carbonyl (C=O) groups is 1. The highest BCUT2D eigenvalue weighted by atomic mass is 16.7. The number of hydrogen-bond donors (Lipinski definition) is 0. The molecule has 4 heteroatoms. The lowest BCUT2D eigenvalue weighted by Gasteiger charge is -2.20. The number of hydrogen-bond acceptors (Lipinski definition) is 3. The smallest absolute Gasteiger partial charge is 0.253 e. The number of carbonyl (C=O) groups excluding carboxylic acids is 1.